The van der Waals surface area contributed by atoms with Gasteiger partial charge in [-0.25, -0.2) is 9.59 Å². The predicted molar refractivity (Wildman–Crippen MR) is 255 cm³/mol. The van der Waals surface area contributed by atoms with E-state index in [0.717, 1.165) is 42.8 Å². The van der Waals surface area contributed by atoms with Crippen molar-refractivity contribution in [1.82, 2.24) is 20.9 Å². The maximum absolute atomic E-state index is 13.2. The van der Waals surface area contributed by atoms with E-state index < -0.39 is 35.9 Å². The number of nitrogens with zero attached hydrogens (tertiary/aromatic N) is 1. The van der Waals surface area contributed by atoms with E-state index in [1.807, 2.05) is 41.3 Å². The molecule has 340 valence electrons. The van der Waals surface area contributed by atoms with Crippen LogP contribution in [0, 0.1) is 0 Å². The molecular weight excluding hydrogens is 875 g/mol. The lowest BCUT2D eigenvalue weighted by molar-refractivity contribution is -0.136. The summed E-state index contributed by atoms with van der Waals surface area (Å²) in [5.41, 5.74) is 12.3. The fraction of sp³-hybridized carbons (Fsp3) is 0.360. The van der Waals surface area contributed by atoms with Crippen LogP contribution in [0.2, 0.25) is 10.0 Å². The molecule has 4 aromatic carbocycles. The Morgan fingerprint density at radius 2 is 1.14 bits per heavy atom. The van der Waals surface area contributed by atoms with Crippen molar-refractivity contribution in [3.05, 3.63) is 152 Å². The summed E-state index contributed by atoms with van der Waals surface area (Å²) < 4.78 is 10.0. The van der Waals surface area contributed by atoms with Gasteiger partial charge in [-0.3, -0.25) is 9.59 Å². The normalized spacial score (nSPS) is 17.1. The number of alkyl carbamates (subject to hydrolysis) is 2. The minimum absolute atomic E-state index is 0. The summed E-state index contributed by atoms with van der Waals surface area (Å²) in [4.78, 5) is 47.9. The van der Waals surface area contributed by atoms with Gasteiger partial charge in [0, 0.05) is 23.1 Å². The molecule has 4 aromatic rings. The Morgan fingerprint density at radius 1 is 0.672 bits per heavy atom. The first kappa shape index (κ1) is 49.7. The summed E-state index contributed by atoms with van der Waals surface area (Å²) in [5.74, 6) is -1.23. The van der Waals surface area contributed by atoms with Gasteiger partial charge in [0.05, 0.1) is 12.1 Å². The highest BCUT2D eigenvalue weighted by Crippen LogP contribution is 2.47. The zero-order chi connectivity index (χ0) is 45.5. The van der Waals surface area contributed by atoms with Crippen molar-refractivity contribution in [2.75, 3.05) is 26.2 Å². The van der Waals surface area contributed by atoms with Gasteiger partial charge in [-0.15, -0.1) is 12.4 Å². The van der Waals surface area contributed by atoms with Crippen LogP contribution in [0.1, 0.15) is 99.8 Å². The largest absolute Gasteiger partial charge is 0.480 e. The number of aliphatic carboxylic acids is 1. The first-order chi connectivity index (χ1) is 29.9. The Balaban J connectivity index is 0.000000200. The SMILES string of the molecule is CC(C)(C)OC(=O)NCC(=O)N1CCC2=C(Cc3ccccc32)C1c1ccc(Cl)cc1.CC(C)(C)OC(=O)NCC(=O)O.Cl.Clc1ccc(C2NCCC3=C2Cc2ccccc23)cc1. The van der Waals surface area contributed by atoms with E-state index in [1.54, 1.807) is 52.7 Å². The molecule has 2 aliphatic heterocycles. The Bertz CT molecular complexity index is 2390. The van der Waals surface area contributed by atoms with Crippen molar-refractivity contribution < 1.29 is 33.8 Å². The van der Waals surface area contributed by atoms with Crippen molar-refractivity contribution in [3.63, 3.8) is 0 Å². The third-order valence-corrected chi connectivity index (χ3v) is 11.3. The Morgan fingerprint density at radius 3 is 1.66 bits per heavy atom. The van der Waals surface area contributed by atoms with Gasteiger partial charge in [0.25, 0.3) is 0 Å². The molecule has 11 nitrogen and oxygen atoms in total. The van der Waals surface area contributed by atoms with Gasteiger partial charge in [0.15, 0.2) is 0 Å². The number of carboxylic acids is 1. The molecule has 0 saturated carbocycles. The number of hydrogen-bond donors (Lipinski definition) is 4. The third-order valence-electron chi connectivity index (χ3n) is 10.8. The molecule has 0 aromatic heterocycles. The molecule has 2 aliphatic carbocycles. The van der Waals surface area contributed by atoms with Gasteiger partial charge >= 0.3 is 18.2 Å². The van der Waals surface area contributed by atoms with Crippen LogP contribution in [0.3, 0.4) is 0 Å². The number of carbonyl (C=O) groups excluding carboxylic acids is 3. The molecule has 64 heavy (non-hydrogen) atoms. The summed E-state index contributed by atoms with van der Waals surface area (Å²) >= 11 is 12.1. The molecule has 0 saturated heterocycles. The monoisotopic (exact) mass is 930 g/mol. The summed E-state index contributed by atoms with van der Waals surface area (Å²) in [6.45, 7) is 11.6. The van der Waals surface area contributed by atoms with Crippen molar-refractivity contribution in [3.8, 4) is 0 Å². The summed E-state index contributed by atoms with van der Waals surface area (Å²) in [6, 6.07) is 33.3. The third kappa shape index (κ3) is 13.1. The minimum atomic E-state index is -1.10. The maximum atomic E-state index is 13.2. The van der Waals surface area contributed by atoms with Gasteiger partial charge in [-0.1, -0.05) is 96.0 Å². The average Bonchev–Trinajstić information content (AvgIpc) is 3.80. The number of rotatable bonds is 6. The average molecular weight is 932 g/mol. The lowest BCUT2D eigenvalue weighted by atomic mass is 9.88. The van der Waals surface area contributed by atoms with Crippen LogP contribution in [0.15, 0.2) is 108 Å². The second-order valence-electron chi connectivity index (χ2n) is 17.8. The Labute approximate surface area is 392 Å². The minimum Gasteiger partial charge on any atom is -0.480 e. The van der Waals surface area contributed by atoms with Crippen molar-refractivity contribution in [1.29, 1.82) is 0 Å². The number of benzene rings is 4. The smallest absolute Gasteiger partial charge is 0.408 e. The lowest BCUT2D eigenvalue weighted by Crippen LogP contribution is -2.45. The second-order valence-corrected chi connectivity index (χ2v) is 18.6. The number of ether oxygens (including phenoxy) is 2. The number of hydrogen-bond acceptors (Lipinski definition) is 7. The zero-order valence-electron chi connectivity index (χ0n) is 37.1. The molecular formula is C50H57Cl3N4O7. The van der Waals surface area contributed by atoms with Crippen LogP contribution in [0.4, 0.5) is 9.59 Å². The van der Waals surface area contributed by atoms with E-state index in [4.69, 9.17) is 37.8 Å². The van der Waals surface area contributed by atoms with E-state index >= 15 is 0 Å². The summed E-state index contributed by atoms with van der Waals surface area (Å²) in [5, 5.41) is 18.0. The molecule has 3 amide bonds. The van der Waals surface area contributed by atoms with E-state index in [1.165, 1.54) is 39.0 Å². The maximum Gasteiger partial charge on any atom is 0.408 e. The van der Waals surface area contributed by atoms with E-state index in [2.05, 4.69) is 76.6 Å². The number of carboxylic acid groups (broad SMARTS) is 1. The standard InChI is InChI=1S/C25H27ClN2O3.C18H16ClN.C7H13NO4.ClH/c1-25(2,3)31-24(30)27-15-22(29)28-13-12-20-19-7-5-4-6-17(19)14-21(20)23(28)16-8-10-18(26)11-9-16;19-14-7-5-12(6-8-14)18-17-11-13-3-1-2-4-15(13)16(17)9-10-20-18;1-7(2,3)12-6(11)8-4-5(9)10;/h4-11,23H,12-15H2,1-3H3,(H,27,30);1-8,18,20H,9-11H2;4H2,1-3H3,(H,8,11)(H,9,10);1H. The topological polar surface area (TPSA) is 146 Å². The quantitative estimate of drug-likeness (QED) is 0.150. The van der Waals surface area contributed by atoms with Crippen molar-refractivity contribution in [2.45, 2.75) is 90.5 Å². The molecule has 4 aliphatic rings. The molecule has 0 radical (unpaired) electrons. The lowest BCUT2D eigenvalue weighted by Gasteiger charge is -2.38. The van der Waals surface area contributed by atoms with Crippen LogP contribution in [0.5, 0.6) is 0 Å². The molecule has 14 heteroatoms. The van der Waals surface area contributed by atoms with Crippen LogP contribution in [-0.2, 0) is 31.9 Å². The summed E-state index contributed by atoms with van der Waals surface area (Å²) in [6.07, 6.45) is 2.53. The number of halogens is 3. The van der Waals surface area contributed by atoms with E-state index in [-0.39, 0.29) is 30.9 Å². The van der Waals surface area contributed by atoms with Gasteiger partial charge in [-0.2, -0.15) is 0 Å². The zero-order valence-corrected chi connectivity index (χ0v) is 39.4. The highest BCUT2D eigenvalue weighted by Gasteiger charge is 2.38. The molecule has 2 atom stereocenters. The first-order valence-corrected chi connectivity index (χ1v) is 21.9. The molecule has 0 fully saturated rings. The molecule has 4 N–H and O–H groups in total. The summed E-state index contributed by atoms with van der Waals surface area (Å²) in [7, 11) is 0. The second kappa shape index (κ2) is 21.6. The van der Waals surface area contributed by atoms with E-state index in [9.17, 15) is 19.2 Å². The Kier molecular flexibility index (Phi) is 16.7. The molecule has 0 spiro atoms. The molecule has 8 rings (SSSR count). The number of fused-ring (bicyclic) bond motifs is 4. The van der Waals surface area contributed by atoms with Crippen LogP contribution >= 0.6 is 35.6 Å². The molecule has 0 bridgehead atoms. The fourth-order valence-electron chi connectivity index (χ4n) is 8.34. The van der Waals surface area contributed by atoms with Crippen LogP contribution in [0.25, 0.3) is 11.1 Å². The van der Waals surface area contributed by atoms with Crippen molar-refractivity contribution >= 4 is 70.8 Å². The van der Waals surface area contributed by atoms with Crippen molar-refractivity contribution in [2.24, 2.45) is 0 Å². The highest BCUT2D eigenvalue weighted by atomic mass is 35.5. The van der Waals surface area contributed by atoms with Gasteiger partial charge in [0.2, 0.25) is 5.91 Å². The molecule has 2 unspecified atom stereocenters. The number of nitrogens with one attached hydrogen (secondary N) is 3. The van der Waals surface area contributed by atoms with Gasteiger partial charge in [-0.05, 0) is 147 Å². The molecule has 2 heterocycles. The Hall–Kier alpha value is -5.33. The number of amides is 3. The first-order valence-electron chi connectivity index (χ1n) is 21.2. The van der Waals surface area contributed by atoms with Gasteiger partial charge < -0.3 is 35.4 Å². The van der Waals surface area contributed by atoms with Crippen LogP contribution < -0.4 is 16.0 Å². The van der Waals surface area contributed by atoms with E-state index in [0.29, 0.717) is 17.6 Å². The predicted octanol–water partition coefficient (Wildman–Crippen LogP) is 10.5. The van der Waals surface area contributed by atoms with Crippen LogP contribution in [-0.4, -0.2) is 71.5 Å². The van der Waals surface area contributed by atoms with Gasteiger partial charge in [0.1, 0.15) is 24.3 Å². The fourth-order valence-corrected chi connectivity index (χ4v) is 8.60. The number of carbonyl (C=O) groups is 4. The highest BCUT2D eigenvalue weighted by molar-refractivity contribution is 6.30.